The van der Waals surface area contributed by atoms with E-state index in [9.17, 15) is 9.59 Å². The molecule has 0 bridgehead atoms. The van der Waals surface area contributed by atoms with Gasteiger partial charge < -0.3 is 15.0 Å². The monoisotopic (exact) mass is 291 g/mol. The van der Waals surface area contributed by atoms with Gasteiger partial charge in [0.2, 0.25) is 0 Å². The van der Waals surface area contributed by atoms with Crippen LogP contribution < -0.4 is 5.32 Å². The Bertz CT molecular complexity index is 644. The van der Waals surface area contributed by atoms with Crippen LogP contribution in [0.3, 0.4) is 0 Å². The second-order valence-corrected chi connectivity index (χ2v) is 4.88. The third kappa shape index (κ3) is 3.68. The molecule has 2 N–H and O–H groups in total. The van der Waals surface area contributed by atoms with Gasteiger partial charge in [0.05, 0.1) is 12.7 Å². The maximum atomic E-state index is 12.1. The van der Waals surface area contributed by atoms with Gasteiger partial charge in [0.25, 0.3) is 5.91 Å². The van der Waals surface area contributed by atoms with Crippen LogP contribution in [0.5, 0.6) is 0 Å². The maximum absolute atomic E-state index is 12.1. The number of hydrogen-bond acceptors (Lipinski definition) is 4. The molecule has 0 saturated heterocycles. The van der Waals surface area contributed by atoms with E-state index in [4.69, 9.17) is 5.11 Å². The number of rotatable bonds is 6. The zero-order valence-electron chi connectivity index (χ0n) is 11.9. The van der Waals surface area contributed by atoms with Gasteiger partial charge in [-0.2, -0.15) is 0 Å². The van der Waals surface area contributed by atoms with Crippen LogP contribution in [-0.2, 0) is 17.9 Å². The molecular weight excluding hydrogens is 274 g/mol. The lowest BCUT2D eigenvalue weighted by Gasteiger charge is -2.12. The van der Waals surface area contributed by atoms with Crippen molar-refractivity contribution in [3.05, 3.63) is 35.9 Å². The highest BCUT2D eigenvalue weighted by molar-refractivity contribution is 5.92. The van der Waals surface area contributed by atoms with Gasteiger partial charge in [-0.05, 0) is 26.0 Å². The first-order chi connectivity index (χ1) is 9.97. The quantitative estimate of drug-likeness (QED) is 0.814. The van der Waals surface area contributed by atoms with Gasteiger partial charge in [0.15, 0.2) is 0 Å². The predicted octanol–water partition coefficient (Wildman–Crippen LogP) is 0.675. The number of amides is 1. The number of hydrogen-bond donors (Lipinski definition) is 2. The first kappa shape index (κ1) is 14.8. The van der Waals surface area contributed by atoms with Crippen LogP contribution in [0.4, 0.5) is 0 Å². The minimum absolute atomic E-state index is 0.192. The summed E-state index contributed by atoms with van der Waals surface area (Å²) in [7, 11) is 0. The Morgan fingerprint density at radius 3 is 2.86 bits per heavy atom. The summed E-state index contributed by atoms with van der Waals surface area (Å²) in [5, 5.41) is 18.9. The summed E-state index contributed by atoms with van der Waals surface area (Å²) < 4.78 is 3.08. The Kier molecular flexibility index (Phi) is 4.36. The zero-order valence-corrected chi connectivity index (χ0v) is 11.9. The van der Waals surface area contributed by atoms with Crippen molar-refractivity contribution in [2.45, 2.75) is 33.0 Å². The number of aliphatic carboxylic acids is 1. The highest BCUT2D eigenvalue weighted by Crippen LogP contribution is 2.10. The molecule has 0 radical (unpaired) electrons. The van der Waals surface area contributed by atoms with E-state index in [1.54, 1.807) is 6.07 Å². The molecule has 2 heterocycles. The first-order valence-corrected chi connectivity index (χ1v) is 6.53. The highest BCUT2D eigenvalue weighted by Gasteiger charge is 2.13. The van der Waals surface area contributed by atoms with Gasteiger partial charge >= 0.3 is 5.97 Å². The molecule has 2 rings (SSSR count). The van der Waals surface area contributed by atoms with Gasteiger partial charge in [-0.1, -0.05) is 5.21 Å². The van der Waals surface area contributed by atoms with Crippen LogP contribution in [0, 0.1) is 0 Å². The van der Waals surface area contributed by atoms with Crippen LogP contribution in [0.25, 0.3) is 0 Å². The molecule has 112 valence electrons. The lowest BCUT2D eigenvalue weighted by atomic mass is 10.3. The summed E-state index contributed by atoms with van der Waals surface area (Å²) in [5.74, 6) is -1.20. The van der Waals surface area contributed by atoms with Gasteiger partial charge in [-0.15, -0.1) is 5.10 Å². The maximum Gasteiger partial charge on any atom is 0.325 e. The molecule has 0 unspecified atom stereocenters. The highest BCUT2D eigenvalue weighted by atomic mass is 16.4. The normalized spacial score (nSPS) is 10.8. The molecule has 0 aliphatic carbocycles. The Morgan fingerprint density at radius 1 is 1.43 bits per heavy atom. The summed E-state index contributed by atoms with van der Waals surface area (Å²) in [6.07, 6.45) is 3.35. The van der Waals surface area contributed by atoms with Gasteiger partial charge in [0.1, 0.15) is 17.9 Å². The van der Waals surface area contributed by atoms with E-state index in [1.807, 2.05) is 30.7 Å². The van der Waals surface area contributed by atoms with Crippen LogP contribution in [0.2, 0.25) is 0 Å². The molecule has 0 fully saturated rings. The van der Waals surface area contributed by atoms with E-state index in [0.29, 0.717) is 11.4 Å². The largest absolute Gasteiger partial charge is 0.480 e. The molecule has 0 saturated carbocycles. The molecular formula is C13H17N5O3. The second-order valence-electron chi connectivity index (χ2n) is 4.88. The summed E-state index contributed by atoms with van der Waals surface area (Å²) in [5.41, 5.74) is 1.08. The number of nitrogens with one attached hydrogen (secondary N) is 1. The van der Waals surface area contributed by atoms with E-state index in [1.165, 1.54) is 10.9 Å². The van der Waals surface area contributed by atoms with E-state index >= 15 is 0 Å². The molecule has 0 spiro atoms. The van der Waals surface area contributed by atoms with Crippen LogP contribution in [0.15, 0.2) is 24.5 Å². The number of carbonyl (C=O) groups is 2. The Balaban J connectivity index is 1.96. The fraction of sp³-hybridized carbons (Fsp3) is 0.385. The number of nitrogens with zero attached hydrogens (tertiary/aromatic N) is 4. The van der Waals surface area contributed by atoms with Gasteiger partial charge in [0, 0.05) is 12.2 Å². The van der Waals surface area contributed by atoms with Gasteiger partial charge in [-0.3, -0.25) is 9.59 Å². The van der Waals surface area contributed by atoms with Crippen molar-refractivity contribution < 1.29 is 14.7 Å². The molecule has 0 aliphatic rings. The van der Waals surface area contributed by atoms with Crippen molar-refractivity contribution in [3.8, 4) is 0 Å². The molecule has 1 amide bonds. The number of carboxylic acids is 1. The van der Waals surface area contributed by atoms with Crippen molar-refractivity contribution in [2.75, 3.05) is 0 Å². The molecule has 2 aromatic heterocycles. The molecule has 8 nitrogen and oxygen atoms in total. The predicted molar refractivity (Wildman–Crippen MR) is 73.6 cm³/mol. The summed E-state index contributed by atoms with van der Waals surface area (Å²) in [6, 6.07) is 3.76. The van der Waals surface area contributed by atoms with Gasteiger partial charge in [-0.25, -0.2) is 4.68 Å². The number of carbonyl (C=O) groups excluding carboxylic acids is 1. The standard InChI is InChI=1S/C13H17N5O3/c1-9(2)18-5-3-4-11(18)13(21)14-6-10-7-17(16-15-10)8-12(19)20/h3-5,7,9H,6,8H2,1-2H3,(H,14,21)(H,19,20). The van der Waals surface area contributed by atoms with Crippen molar-refractivity contribution in [2.24, 2.45) is 0 Å². The van der Waals surface area contributed by atoms with E-state index in [2.05, 4.69) is 15.6 Å². The third-order valence-corrected chi connectivity index (χ3v) is 2.88. The molecule has 8 heteroatoms. The average Bonchev–Trinajstić information content (AvgIpc) is 3.03. The first-order valence-electron chi connectivity index (χ1n) is 6.53. The van der Waals surface area contributed by atoms with Crippen molar-refractivity contribution in [3.63, 3.8) is 0 Å². The number of carboxylic acid groups (broad SMARTS) is 1. The fourth-order valence-electron chi connectivity index (χ4n) is 1.93. The van der Waals surface area contributed by atoms with Crippen LogP contribution in [-0.4, -0.2) is 36.5 Å². The molecule has 21 heavy (non-hydrogen) atoms. The lowest BCUT2D eigenvalue weighted by Crippen LogP contribution is -2.26. The van der Waals surface area contributed by atoms with Crippen molar-refractivity contribution in [1.82, 2.24) is 24.9 Å². The topological polar surface area (TPSA) is 102 Å². The smallest absolute Gasteiger partial charge is 0.325 e. The van der Waals surface area contributed by atoms with Crippen LogP contribution >= 0.6 is 0 Å². The average molecular weight is 291 g/mol. The number of aromatic nitrogens is 4. The van der Waals surface area contributed by atoms with Crippen molar-refractivity contribution in [1.29, 1.82) is 0 Å². The van der Waals surface area contributed by atoms with E-state index in [-0.39, 0.29) is 25.0 Å². The molecule has 0 aliphatic heterocycles. The van der Waals surface area contributed by atoms with Crippen LogP contribution in [0.1, 0.15) is 36.1 Å². The second kappa shape index (κ2) is 6.21. The summed E-state index contributed by atoms with van der Waals surface area (Å²) in [4.78, 5) is 22.6. The zero-order chi connectivity index (χ0) is 15.4. The summed E-state index contributed by atoms with van der Waals surface area (Å²) in [6.45, 7) is 3.93. The molecule has 0 atom stereocenters. The minimum atomic E-state index is -0.995. The Morgan fingerprint density at radius 2 is 2.19 bits per heavy atom. The molecule has 0 aromatic carbocycles. The minimum Gasteiger partial charge on any atom is -0.480 e. The SMILES string of the molecule is CC(C)n1cccc1C(=O)NCc1cn(CC(=O)O)nn1. The van der Waals surface area contributed by atoms with E-state index < -0.39 is 5.97 Å². The van der Waals surface area contributed by atoms with E-state index in [0.717, 1.165) is 0 Å². The summed E-state index contributed by atoms with van der Waals surface area (Å²) >= 11 is 0. The Hall–Kier alpha value is -2.64. The fourth-order valence-corrected chi connectivity index (χ4v) is 1.93. The molecule has 2 aromatic rings. The third-order valence-electron chi connectivity index (χ3n) is 2.88. The Labute approximate surface area is 121 Å². The lowest BCUT2D eigenvalue weighted by molar-refractivity contribution is -0.137. The van der Waals surface area contributed by atoms with Crippen molar-refractivity contribution >= 4 is 11.9 Å².